The van der Waals surface area contributed by atoms with Crippen LogP contribution in [0.25, 0.3) is 0 Å². The van der Waals surface area contributed by atoms with Gasteiger partial charge in [-0.15, -0.1) is 26.3 Å². The summed E-state index contributed by atoms with van der Waals surface area (Å²) in [4.78, 5) is 24.0. The summed E-state index contributed by atoms with van der Waals surface area (Å²) < 4.78 is 66.2. The molecule has 0 radical (unpaired) electrons. The molecule has 0 aromatic carbocycles. The zero-order valence-corrected chi connectivity index (χ0v) is 60.3. The number of ether oxygens (including phenoxy) is 4. The first-order valence-electron chi connectivity index (χ1n) is 29.8. The van der Waals surface area contributed by atoms with Crippen molar-refractivity contribution in [1.29, 1.82) is 0 Å². The van der Waals surface area contributed by atoms with Crippen LogP contribution in [0.15, 0.2) is 50.6 Å². The lowest BCUT2D eigenvalue weighted by atomic mass is 10.3. The molecule has 28 heteroatoms. The first-order chi connectivity index (χ1) is 41.0. The van der Waals surface area contributed by atoms with Crippen LogP contribution in [0.5, 0.6) is 0 Å². The smallest absolute Gasteiger partial charge is 0.364 e. The van der Waals surface area contributed by atoms with Crippen molar-refractivity contribution in [1.82, 2.24) is 19.6 Å². The third-order valence-electron chi connectivity index (χ3n) is 12.4. The van der Waals surface area contributed by atoms with Crippen LogP contribution in [0.4, 0.5) is 0 Å². The van der Waals surface area contributed by atoms with Crippen LogP contribution in [0.1, 0.15) is 53.4 Å². The fourth-order valence-electron chi connectivity index (χ4n) is 8.17. The van der Waals surface area contributed by atoms with Gasteiger partial charge < -0.3 is 114 Å². The minimum atomic E-state index is -2.44. The van der Waals surface area contributed by atoms with Gasteiger partial charge in [-0.1, -0.05) is 24.3 Å². The van der Waals surface area contributed by atoms with Gasteiger partial charge in [0.05, 0.1) is 63.3 Å². The fourth-order valence-corrected chi connectivity index (χ4v) is 16.3. The van der Waals surface area contributed by atoms with Crippen LogP contribution in [0, 0.1) is 0 Å². The summed E-state index contributed by atoms with van der Waals surface area (Å²) in [5.41, 5.74) is 0. The summed E-state index contributed by atoms with van der Waals surface area (Å²) >= 11 is 0. The molecule has 4 atom stereocenters. The van der Waals surface area contributed by atoms with E-state index >= 15 is 0 Å². The Morgan fingerprint density at radius 2 is 0.593 bits per heavy atom. The Bertz CT molecular complexity index is 1350. The molecule has 4 unspecified atom stereocenters. The van der Waals surface area contributed by atoms with Crippen molar-refractivity contribution in [3.05, 3.63) is 50.6 Å². The van der Waals surface area contributed by atoms with Crippen LogP contribution in [-0.2, 0) is 63.9 Å². The highest BCUT2D eigenvalue weighted by Crippen LogP contribution is 2.18. The standard InChI is InChI=1S/2C15H33NO4Si.2C13H29NO5Si.2CH2O/c2*1-6-10-16(4)13-15(17)14-18-11-9-12-21(5,19-7-2)20-8-3;2*1-5-7-14(2)10-13(16)11-19-8-6-9-20(12-15,17-3)18-4;2*1-2/h2*6,15,17H,1,7-14H2,2-5H3;2*5,13,15-16H,1,6-12H2,2-4H3;2*1H2. The molecule has 0 fully saturated rings. The predicted molar refractivity (Wildman–Crippen MR) is 353 cm³/mol. The van der Waals surface area contributed by atoms with E-state index in [0.29, 0.717) is 118 Å². The third kappa shape index (κ3) is 58.6. The molecule has 0 aromatic rings. The number of aliphatic hydroxyl groups is 6. The monoisotopic (exact) mass is 1310 g/mol. The number of rotatable bonds is 54. The van der Waals surface area contributed by atoms with E-state index in [9.17, 15) is 30.6 Å². The Morgan fingerprint density at radius 1 is 0.395 bits per heavy atom. The Hall–Kier alpha value is -1.71. The van der Waals surface area contributed by atoms with E-state index in [1.54, 1.807) is 40.6 Å². The van der Waals surface area contributed by atoms with Crippen LogP contribution in [-0.4, -0.2) is 323 Å². The molecule has 0 heterocycles. The molecule has 0 aliphatic heterocycles. The normalized spacial score (nSPS) is 13.1. The largest absolute Gasteiger partial charge is 0.396 e. The molecule has 24 nitrogen and oxygen atoms in total. The molecular formula is C58H128N4O20Si4. The van der Waals surface area contributed by atoms with Gasteiger partial charge in [-0.3, -0.25) is 0 Å². The maximum Gasteiger partial charge on any atom is 0.364 e. The summed E-state index contributed by atoms with van der Waals surface area (Å²) in [5.74, 6) is 0. The minimum absolute atomic E-state index is 0.0605. The number of carbonyl (C=O) groups is 2. The number of aliphatic hydroxyl groups excluding tert-OH is 6. The van der Waals surface area contributed by atoms with Gasteiger partial charge in [-0.05, 0) is 119 Å². The highest BCUT2D eigenvalue weighted by Gasteiger charge is 2.35. The lowest BCUT2D eigenvalue weighted by Gasteiger charge is -2.26. The summed E-state index contributed by atoms with van der Waals surface area (Å²) in [6.45, 7) is 42.5. The number of carbonyl (C=O) groups excluding carboxylic acids is 2. The zero-order chi connectivity index (χ0) is 67.1. The highest BCUT2D eigenvalue weighted by molar-refractivity contribution is 6.67. The second-order valence-electron chi connectivity index (χ2n) is 20.3. The Balaban J connectivity index is -0.000000243. The van der Waals surface area contributed by atoms with Gasteiger partial charge >= 0.3 is 34.2 Å². The molecule has 0 aromatic heterocycles. The number of hydrogen-bond acceptors (Lipinski definition) is 24. The van der Waals surface area contributed by atoms with E-state index in [4.69, 9.17) is 63.9 Å². The number of hydrogen-bond donors (Lipinski definition) is 6. The average Bonchev–Trinajstić information content (AvgIpc) is 3.63. The quantitative estimate of drug-likeness (QED) is 0.0286. The van der Waals surface area contributed by atoms with E-state index in [1.807, 2.05) is 101 Å². The van der Waals surface area contributed by atoms with E-state index in [2.05, 4.69) is 39.4 Å². The van der Waals surface area contributed by atoms with E-state index in [-0.39, 0.29) is 12.5 Å². The SMILES string of the molecule is C=CCN(C)CC(O)COCCC[Si](C)(OCC)OCC.C=CCN(C)CC(O)COCCC[Si](C)(OCC)OCC.C=CCN(C)CC(O)COCCC[Si](CO)(OC)OC.C=CCN(C)CC(O)COCCC[Si](CO)(OC)OC.C=O.C=O. The van der Waals surface area contributed by atoms with Gasteiger partial charge in [0.1, 0.15) is 13.6 Å². The van der Waals surface area contributed by atoms with Crippen molar-refractivity contribution in [2.45, 2.75) is 115 Å². The fraction of sp³-hybridized carbons (Fsp3) is 0.828. The summed E-state index contributed by atoms with van der Waals surface area (Å²) in [6, 6.07) is 3.17. The molecular weight excluding hydrogens is 1180 g/mol. The van der Waals surface area contributed by atoms with Crippen LogP contribution in [0.2, 0.25) is 37.3 Å². The molecule has 86 heavy (non-hydrogen) atoms. The van der Waals surface area contributed by atoms with E-state index in [1.165, 1.54) is 0 Å². The molecule has 0 spiro atoms. The molecule has 516 valence electrons. The Kier molecular flexibility index (Phi) is 73.5. The second kappa shape index (κ2) is 66.2. The van der Waals surface area contributed by atoms with Gasteiger partial charge in [0.2, 0.25) is 0 Å². The lowest BCUT2D eigenvalue weighted by Crippen LogP contribution is -2.44. The van der Waals surface area contributed by atoms with Gasteiger partial charge in [0.25, 0.3) is 0 Å². The number of likely N-dealkylation sites (N-methyl/N-ethyl adjacent to an activating group) is 4. The summed E-state index contributed by atoms with van der Waals surface area (Å²) in [7, 11) is 5.06. The molecule has 0 saturated heterocycles. The maximum absolute atomic E-state index is 9.83. The van der Waals surface area contributed by atoms with Crippen LogP contribution in [0.3, 0.4) is 0 Å². The topological polar surface area (TPSA) is 279 Å². The lowest BCUT2D eigenvalue weighted by molar-refractivity contribution is -0.0987. The zero-order valence-electron chi connectivity index (χ0n) is 56.3. The second-order valence-corrected chi connectivity index (χ2v) is 33.9. The molecule has 0 bridgehead atoms. The molecule has 6 N–H and O–H groups in total. The van der Waals surface area contributed by atoms with E-state index < -0.39 is 58.7 Å². The predicted octanol–water partition coefficient (Wildman–Crippen LogP) is 3.94. The Labute approximate surface area is 526 Å². The van der Waals surface area contributed by atoms with Crippen molar-refractivity contribution in [2.24, 2.45) is 0 Å². The van der Waals surface area contributed by atoms with Gasteiger partial charge in [0.15, 0.2) is 0 Å². The van der Waals surface area contributed by atoms with Crippen LogP contribution >= 0.6 is 0 Å². The minimum Gasteiger partial charge on any atom is -0.396 e. The van der Waals surface area contributed by atoms with Gasteiger partial charge in [-0.25, -0.2) is 0 Å². The van der Waals surface area contributed by atoms with Crippen molar-refractivity contribution in [2.75, 3.05) is 201 Å². The van der Waals surface area contributed by atoms with Crippen molar-refractivity contribution in [3.8, 4) is 0 Å². The highest BCUT2D eigenvalue weighted by atomic mass is 28.4. The maximum atomic E-state index is 9.83. The van der Waals surface area contributed by atoms with Crippen LogP contribution < -0.4 is 0 Å². The van der Waals surface area contributed by atoms with Crippen molar-refractivity contribution < 1.29 is 94.6 Å². The average molecular weight is 1310 g/mol. The van der Waals surface area contributed by atoms with Crippen molar-refractivity contribution >= 4 is 47.8 Å². The molecule has 0 saturated carbocycles. The number of nitrogens with zero attached hydrogens (tertiary/aromatic N) is 4. The Morgan fingerprint density at radius 3 is 0.756 bits per heavy atom. The molecule has 0 aliphatic rings. The van der Waals surface area contributed by atoms with Gasteiger partial charge in [-0.2, -0.15) is 0 Å². The molecule has 0 aliphatic carbocycles. The van der Waals surface area contributed by atoms with E-state index in [0.717, 1.165) is 64.0 Å². The first-order valence-corrected chi connectivity index (χ1v) is 39.3. The summed E-state index contributed by atoms with van der Waals surface area (Å²) in [5, 5.41) is 57.8. The molecule has 0 rings (SSSR count). The molecule has 0 amide bonds. The van der Waals surface area contributed by atoms with Gasteiger partial charge in [0, 0.05) is 134 Å². The first kappa shape index (κ1) is 95.4. The third-order valence-corrected chi connectivity index (χ3v) is 24.7. The summed E-state index contributed by atoms with van der Waals surface area (Å²) in [6.07, 6.45) is 8.45. The van der Waals surface area contributed by atoms with Crippen molar-refractivity contribution in [3.63, 3.8) is 0 Å².